The van der Waals surface area contributed by atoms with E-state index in [0.29, 0.717) is 5.92 Å². The second-order valence-electron chi connectivity index (χ2n) is 4.59. The monoisotopic (exact) mass is 204 g/mol. The molecule has 0 saturated carbocycles. The van der Waals surface area contributed by atoms with E-state index in [-0.39, 0.29) is 11.9 Å². The van der Waals surface area contributed by atoms with E-state index >= 15 is 0 Å². The SMILES string of the molecule is Cc1ccc2c(c1)OC(=O)C(C(C)C)C2. The van der Waals surface area contributed by atoms with Gasteiger partial charge >= 0.3 is 5.97 Å². The van der Waals surface area contributed by atoms with E-state index in [2.05, 4.69) is 26.0 Å². The smallest absolute Gasteiger partial charge is 0.314 e. The number of carbonyl (C=O) groups is 1. The summed E-state index contributed by atoms with van der Waals surface area (Å²) in [5, 5.41) is 0. The van der Waals surface area contributed by atoms with Crippen molar-refractivity contribution in [2.45, 2.75) is 27.2 Å². The molecule has 1 heterocycles. The van der Waals surface area contributed by atoms with Gasteiger partial charge in [-0.2, -0.15) is 0 Å². The molecule has 1 unspecified atom stereocenters. The molecule has 2 heteroatoms. The van der Waals surface area contributed by atoms with Crippen LogP contribution in [0.4, 0.5) is 0 Å². The normalized spacial score (nSPS) is 20.0. The molecule has 1 atom stereocenters. The average molecular weight is 204 g/mol. The van der Waals surface area contributed by atoms with Gasteiger partial charge in [-0.1, -0.05) is 26.0 Å². The zero-order valence-electron chi connectivity index (χ0n) is 9.41. The van der Waals surface area contributed by atoms with E-state index in [1.165, 1.54) is 0 Å². The average Bonchev–Trinajstić information content (AvgIpc) is 2.15. The Morgan fingerprint density at radius 2 is 2.13 bits per heavy atom. The highest BCUT2D eigenvalue weighted by atomic mass is 16.5. The van der Waals surface area contributed by atoms with Crippen LogP contribution in [0, 0.1) is 18.8 Å². The summed E-state index contributed by atoms with van der Waals surface area (Å²) in [6.45, 7) is 6.12. The molecule has 0 spiro atoms. The van der Waals surface area contributed by atoms with Gasteiger partial charge in [-0.3, -0.25) is 4.79 Å². The third kappa shape index (κ3) is 1.89. The minimum atomic E-state index is -0.0805. The third-order valence-corrected chi connectivity index (χ3v) is 2.98. The fraction of sp³-hybridized carbons (Fsp3) is 0.462. The van der Waals surface area contributed by atoms with Crippen molar-refractivity contribution in [1.29, 1.82) is 0 Å². The standard InChI is InChI=1S/C13H16O2/c1-8(2)11-7-10-5-4-9(3)6-12(10)15-13(11)14/h4-6,8,11H,7H2,1-3H3. The Hall–Kier alpha value is -1.31. The van der Waals surface area contributed by atoms with E-state index in [1.807, 2.05) is 13.0 Å². The van der Waals surface area contributed by atoms with Crippen LogP contribution in [0.1, 0.15) is 25.0 Å². The fourth-order valence-corrected chi connectivity index (χ4v) is 1.94. The Kier molecular flexibility index (Phi) is 2.51. The first kappa shape index (κ1) is 10.2. The number of esters is 1. The highest BCUT2D eigenvalue weighted by molar-refractivity contribution is 5.78. The van der Waals surface area contributed by atoms with Gasteiger partial charge in [0.15, 0.2) is 0 Å². The van der Waals surface area contributed by atoms with Crippen LogP contribution in [0.3, 0.4) is 0 Å². The molecule has 0 aliphatic carbocycles. The van der Waals surface area contributed by atoms with Crippen LogP contribution in [-0.2, 0) is 11.2 Å². The Bertz CT molecular complexity index is 394. The topological polar surface area (TPSA) is 26.3 Å². The lowest BCUT2D eigenvalue weighted by Crippen LogP contribution is -2.31. The zero-order valence-corrected chi connectivity index (χ0v) is 9.41. The molecule has 0 N–H and O–H groups in total. The Balaban J connectivity index is 2.34. The van der Waals surface area contributed by atoms with E-state index < -0.39 is 0 Å². The van der Waals surface area contributed by atoms with Crippen LogP contribution < -0.4 is 4.74 Å². The summed E-state index contributed by atoms with van der Waals surface area (Å²) in [6.07, 6.45) is 0.812. The lowest BCUT2D eigenvalue weighted by molar-refractivity contribution is -0.141. The van der Waals surface area contributed by atoms with Gasteiger partial charge in [0.2, 0.25) is 0 Å². The lowest BCUT2D eigenvalue weighted by atomic mass is 9.87. The largest absolute Gasteiger partial charge is 0.426 e. The maximum atomic E-state index is 11.7. The predicted molar refractivity (Wildman–Crippen MR) is 58.8 cm³/mol. The molecule has 1 aliphatic rings. The summed E-state index contributed by atoms with van der Waals surface area (Å²) in [7, 11) is 0. The number of hydrogen-bond acceptors (Lipinski definition) is 2. The first-order chi connectivity index (χ1) is 7.08. The first-order valence-corrected chi connectivity index (χ1v) is 5.39. The maximum absolute atomic E-state index is 11.7. The summed E-state index contributed by atoms with van der Waals surface area (Å²) >= 11 is 0. The van der Waals surface area contributed by atoms with Crippen LogP contribution in [0.5, 0.6) is 5.75 Å². The Morgan fingerprint density at radius 1 is 1.40 bits per heavy atom. The second-order valence-corrected chi connectivity index (χ2v) is 4.59. The number of rotatable bonds is 1. The number of ether oxygens (including phenoxy) is 1. The number of aryl methyl sites for hydroxylation is 1. The van der Waals surface area contributed by atoms with Gasteiger partial charge in [0.05, 0.1) is 5.92 Å². The summed E-state index contributed by atoms with van der Waals surface area (Å²) in [6, 6.07) is 6.06. The highest BCUT2D eigenvalue weighted by Gasteiger charge is 2.30. The van der Waals surface area contributed by atoms with Gasteiger partial charge in [0.1, 0.15) is 5.75 Å². The molecule has 0 saturated heterocycles. The third-order valence-electron chi connectivity index (χ3n) is 2.98. The van der Waals surface area contributed by atoms with Crippen molar-refractivity contribution < 1.29 is 9.53 Å². The zero-order chi connectivity index (χ0) is 11.0. The number of hydrogen-bond donors (Lipinski definition) is 0. The fourth-order valence-electron chi connectivity index (χ4n) is 1.94. The van der Waals surface area contributed by atoms with Crippen LogP contribution in [-0.4, -0.2) is 5.97 Å². The number of fused-ring (bicyclic) bond motifs is 1. The van der Waals surface area contributed by atoms with Crippen molar-refractivity contribution in [3.8, 4) is 5.75 Å². The summed E-state index contributed by atoms with van der Waals surface area (Å²) in [5.41, 5.74) is 2.28. The number of carbonyl (C=O) groups excluding carboxylic acids is 1. The molecule has 80 valence electrons. The highest BCUT2D eigenvalue weighted by Crippen LogP contribution is 2.31. The second kappa shape index (κ2) is 3.69. The molecular formula is C13H16O2. The first-order valence-electron chi connectivity index (χ1n) is 5.39. The van der Waals surface area contributed by atoms with Gasteiger partial charge in [0, 0.05) is 0 Å². The molecule has 2 rings (SSSR count). The maximum Gasteiger partial charge on any atom is 0.314 e. The van der Waals surface area contributed by atoms with E-state index in [1.54, 1.807) is 0 Å². The minimum absolute atomic E-state index is 0.0141. The van der Waals surface area contributed by atoms with Crippen molar-refractivity contribution in [3.05, 3.63) is 29.3 Å². The predicted octanol–water partition coefficient (Wildman–Crippen LogP) is 2.73. The summed E-state index contributed by atoms with van der Waals surface area (Å²) < 4.78 is 5.35. The summed E-state index contributed by atoms with van der Waals surface area (Å²) in [4.78, 5) is 11.7. The van der Waals surface area contributed by atoms with E-state index in [9.17, 15) is 4.79 Å². The van der Waals surface area contributed by atoms with Gasteiger partial charge in [-0.15, -0.1) is 0 Å². The molecule has 0 bridgehead atoms. The molecule has 2 nitrogen and oxygen atoms in total. The van der Waals surface area contributed by atoms with Crippen molar-refractivity contribution in [1.82, 2.24) is 0 Å². The molecule has 1 aliphatic heterocycles. The molecule has 1 aromatic carbocycles. The van der Waals surface area contributed by atoms with Crippen LogP contribution in [0.25, 0.3) is 0 Å². The molecule has 0 radical (unpaired) electrons. The molecule has 0 amide bonds. The van der Waals surface area contributed by atoms with E-state index in [4.69, 9.17) is 4.74 Å². The quantitative estimate of drug-likeness (QED) is 0.519. The number of benzene rings is 1. The Labute approximate surface area is 90.3 Å². The van der Waals surface area contributed by atoms with Crippen LogP contribution in [0.2, 0.25) is 0 Å². The van der Waals surface area contributed by atoms with Crippen LogP contribution >= 0.6 is 0 Å². The van der Waals surface area contributed by atoms with Gasteiger partial charge in [0.25, 0.3) is 0 Å². The molecule has 0 fully saturated rings. The minimum Gasteiger partial charge on any atom is -0.426 e. The van der Waals surface area contributed by atoms with Crippen molar-refractivity contribution in [2.75, 3.05) is 0 Å². The van der Waals surface area contributed by atoms with Crippen molar-refractivity contribution in [2.24, 2.45) is 11.8 Å². The van der Waals surface area contributed by atoms with Gasteiger partial charge in [-0.25, -0.2) is 0 Å². The molecular weight excluding hydrogens is 188 g/mol. The molecule has 0 aromatic heterocycles. The van der Waals surface area contributed by atoms with E-state index in [0.717, 1.165) is 23.3 Å². The summed E-state index contributed by atoms with van der Waals surface area (Å²) in [5.74, 6) is 1.02. The molecule has 15 heavy (non-hydrogen) atoms. The van der Waals surface area contributed by atoms with Crippen LogP contribution in [0.15, 0.2) is 18.2 Å². The van der Waals surface area contributed by atoms with Gasteiger partial charge in [-0.05, 0) is 36.5 Å². The molecule has 1 aromatic rings. The van der Waals surface area contributed by atoms with Crippen molar-refractivity contribution in [3.63, 3.8) is 0 Å². The van der Waals surface area contributed by atoms with Crippen molar-refractivity contribution >= 4 is 5.97 Å². The lowest BCUT2D eigenvalue weighted by Gasteiger charge is -2.25. The van der Waals surface area contributed by atoms with Gasteiger partial charge < -0.3 is 4.74 Å². The Morgan fingerprint density at radius 3 is 2.80 bits per heavy atom.